The molecule has 0 aromatic heterocycles. The van der Waals surface area contributed by atoms with E-state index in [2.05, 4.69) is 36.9 Å². The van der Waals surface area contributed by atoms with Crippen LogP contribution in [0.25, 0.3) is 0 Å². The lowest BCUT2D eigenvalue weighted by Gasteiger charge is -2.50. The first kappa shape index (κ1) is 12.6. The summed E-state index contributed by atoms with van der Waals surface area (Å²) in [6, 6.07) is 9.03. The summed E-state index contributed by atoms with van der Waals surface area (Å²) < 4.78 is 0. The van der Waals surface area contributed by atoms with Crippen molar-refractivity contribution in [1.82, 2.24) is 0 Å². The van der Waals surface area contributed by atoms with Gasteiger partial charge in [0.05, 0.1) is 6.10 Å². The Morgan fingerprint density at radius 2 is 2.00 bits per heavy atom. The van der Waals surface area contributed by atoms with Crippen molar-refractivity contribution in [3.8, 4) is 0 Å². The van der Waals surface area contributed by atoms with Crippen LogP contribution in [-0.4, -0.2) is 11.2 Å². The van der Waals surface area contributed by atoms with Gasteiger partial charge in [-0.05, 0) is 67.4 Å². The predicted molar refractivity (Wildman–Crippen MR) is 81.6 cm³/mol. The fourth-order valence-electron chi connectivity index (χ4n) is 5.61. The molecule has 0 radical (unpaired) electrons. The Bertz CT molecular complexity index is 534. The molecular weight excluding hydrogens is 244 g/mol. The van der Waals surface area contributed by atoms with Crippen LogP contribution in [0.1, 0.15) is 49.1 Å². The molecule has 5 atom stereocenters. The summed E-state index contributed by atoms with van der Waals surface area (Å²) in [6.07, 6.45) is 8.98. The average molecular weight is 268 g/mol. The Morgan fingerprint density at radius 3 is 2.85 bits per heavy atom. The molecule has 0 bridgehead atoms. The van der Waals surface area contributed by atoms with Crippen LogP contribution >= 0.6 is 0 Å². The van der Waals surface area contributed by atoms with E-state index in [1.54, 1.807) is 11.1 Å². The van der Waals surface area contributed by atoms with Crippen molar-refractivity contribution >= 4 is 0 Å². The van der Waals surface area contributed by atoms with Gasteiger partial charge in [0.15, 0.2) is 0 Å². The number of hydrogen-bond acceptors (Lipinski definition) is 1. The summed E-state index contributed by atoms with van der Waals surface area (Å²) in [4.78, 5) is 0. The molecule has 3 aliphatic rings. The quantitative estimate of drug-likeness (QED) is 0.761. The first-order valence-corrected chi connectivity index (χ1v) is 8.16. The van der Waals surface area contributed by atoms with Crippen molar-refractivity contribution in [2.24, 2.45) is 17.3 Å². The fourth-order valence-corrected chi connectivity index (χ4v) is 5.61. The Balaban J connectivity index is 1.73. The van der Waals surface area contributed by atoms with Gasteiger partial charge in [0.1, 0.15) is 0 Å². The Hall–Kier alpha value is -1.08. The highest BCUT2D eigenvalue weighted by molar-refractivity contribution is 5.35. The maximum atomic E-state index is 10.5. The van der Waals surface area contributed by atoms with Gasteiger partial charge in [0, 0.05) is 5.41 Å². The van der Waals surface area contributed by atoms with Crippen molar-refractivity contribution in [3.05, 3.63) is 48.0 Å². The number of aliphatic hydroxyl groups is 1. The standard InChI is InChI=1S/C19H24O/c1-2-19-12-11-15-14-6-4-3-5-13(14)7-8-16(15)17(19)9-10-18(19)20/h2-6,15-18,20H,1,7-12H2/t15-,16-,17+,18+,19+/m1/s1. The van der Waals surface area contributed by atoms with Gasteiger partial charge in [-0.25, -0.2) is 0 Å². The van der Waals surface area contributed by atoms with Crippen LogP contribution in [0.5, 0.6) is 0 Å². The fraction of sp³-hybridized carbons (Fsp3) is 0.579. The minimum absolute atomic E-state index is 0.0213. The molecule has 0 saturated heterocycles. The maximum Gasteiger partial charge on any atom is 0.0633 e. The molecule has 4 rings (SSSR count). The Kier molecular flexibility index (Phi) is 2.82. The molecule has 2 saturated carbocycles. The SMILES string of the molecule is C=C[C@]12CC[C@@H]3c4ccccc4CC[C@H]3[C@@H]1CC[C@@H]2O. The van der Waals surface area contributed by atoms with Crippen LogP contribution in [0.2, 0.25) is 0 Å². The van der Waals surface area contributed by atoms with Crippen LogP contribution < -0.4 is 0 Å². The summed E-state index contributed by atoms with van der Waals surface area (Å²) >= 11 is 0. The smallest absolute Gasteiger partial charge is 0.0633 e. The second-order valence-corrected chi connectivity index (χ2v) is 7.06. The molecule has 0 amide bonds. The molecule has 106 valence electrons. The average Bonchev–Trinajstić information content (AvgIpc) is 2.85. The minimum Gasteiger partial charge on any atom is -0.392 e. The van der Waals surface area contributed by atoms with Gasteiger partial charge in [-0.1, -0.05) is 30.3 Å². The van der Waals surface area contributed by atoms with Gasteiger partial charge in [-0.3, -0.25) is 0 Å². The lowest BCUT2D eigenvalue weighted by atomic mass is 9.55. The van der Waals surface area contributed by atoms with Crippen molar-refractivity contribution in [2.75, 3.05) is 0 Å². The molecule has 0 spiro atoms. The van der Waals surface area contributed by atoms with Crippen molar-refractivity contribution in [3.63, 3.8) is 0 Å². The second-order valence-electron chi connectivity index (χ2n) is 7.06. The Morgan fingerprint density at radius 1 is 1.15 bits per heavy atom. The first-order chi connectivity index (χ1) is 9.76. The van der Waals surface area contributed by atoms with E-state index in [-0.39, 0.29) is 11.5 Å². The monoisotopic (exact) mass is 268 g/mol. The van der Waals surface area contributed by atoms with Crippen molar-refractivity contribution in [1.29, 1.82) is 0 Å². The van der Waals surface area contributed by atoms with Crippen molar-refractivity contribution < 1.29 is 5.11 Å². The number of fused-ring (bicyclic) bond motifs is 5. The molecule has 1 heteroatoms. The molecule has 0 heterocycles. The van der Waals surface area contributed by atoms with E-state index < -0.39 is 0 Å². The number of rotatable bonds is 1. The van der Waals surface area contributed by atoms with Crippen LogP contribution in [0.3, 0.4) is 0 Å². The van der Waals surface area contributed by atoms with Crippen molar-refractivity contribution in [2.45, 2.75) is 50.5 Å². The maximum absolute atomic E-state index is 10.5. The van der Waals surface area contributed by atoms with Gasteiger partial charge >= 0.3 is 0 Å². The van der Waals surface area contributed by atoms with E-state index in [1.807, 2.05) is 0 Å². The minimum atomic E-state index is -0.150. The van der Waals surface area contributed by atoms with Gasteiger partial charge in [-0.15, -0.1) is 6.58 Å². The van der Waals surface area contributed by atoms with E-state index in [0.29, 0.717) is 5.92 Å². The third kappa shape index (κ3) is 1.53. The predicted octanol–water partition coefficient (Wildman–Crippen LogP) is 4.07. The van der Waals surface area contributed by atoms with Crippen LogP contribution in [-0.2, 0) is 6.42 Å². The largest absolute Gasteiger partial charge is 0.392 e. The summed E-state index contributed by atoms with van der Waals surface area (Å²) in [7, 11) is 0. The molecule has 1 aromatic rings. The molecule has 0 unspecified atom stereocenters. The molecule has 1 nitrogen and oxygen atoms in total. The molecule has 3 aliphatic carbocycles. The highest BCUT2D eigenvalue weighted by Gasteiger charge is 2.55. The third-order valence-corrected chi connectivity index (χ3v) is 6.57. The van der Waals surface area contributed by atoms with E-state index in [4.69, 9.17) is 0 Å². The summed E-state index contributed by atoms with van der Waals surface area (Å²) in [6.45, 7) is 4.09. The lowest BCUT2D eigenvalue weighted by Crippen LogP contribution is -2.44. The number of benzene rings is 1. The van der Waals surface area contributed by atoms with Crippen LogP contribution in [0, 0.1) is 17.3 Å². The van der Waals surface area contributed by atoms with Crippen LogP contribution in [0.15, 0.2) is 36.9 Å². The molecule has 2 fully saturated rings. The van der Waals surface area contributed by atoms with Crippen LogP contribution in [0.4, 0.5) is 0 Å². The Labute approximate surface area is 121 Å². The van der Waals surface area contributed by atoms with Gasteiger partial charge in [-0.2, -0.15) is 0 Å². The number of aryl methyl sites for hydroxylation is 1. The van der Waals surface area contributed by atoms with E-state index >= 15 is 0 Å². The molecule has 0 aliphatic heterocycles. The first-order valence-electron chi connectivity index (χ1n) is 8.16. The normalized spacial score (nSPS) is 42.5. The highest BCUT2D eigenvalue weighted by atomic mass is 16.3. The van der Waals surface area contributed by atoms with Gasteiger partial charge < -0.3 is 5.11 Å². The molecular formula is C19H24O. The third-order valence-electron chi connectivity index (χ3n) is 6.57. The zero-order valence-electron chi connectivity index (χ0n) is 12.1. The summed E-state index contributed by atoms with van der Waals surface area (Å²) in [5.74, 6) is 2.14. The summed E-state index contributed by atoms with van der Waals surface area (Å²) in [5, 5.41) is 10.5. The van der Waals surface area contributed by atoms with E-state index in [9.17, 15) is 5.11 Å². The van der Waals surface area contributed by atoms with Gasteiger partial charge in [0.25, 0.3) is 0 Å². The topological polar surface area (TPSA) is 20.2 Å². The van der Waals surface area contributed by atoms with Gasteiger partial charge in [0.2, 0.25) is 0 Å². The zero-order chi connectivity index (χ0) is 13.7. The lowest BCUT2D eigenvalue weighted by molar-refractivity contribution is -0.0000516. The second kappa shape index (κ2) is 4.46. The zero-order valence-corrected chi connectivity index (χ0v) is 12.1. The number of aliphatic hydroxyl groups excluding tert-OH is 1. The number of hydrogen-bond donors (Lipinski definition) is 1. The molecule has 1 N–H and O–H groups in total. The van der Waals surface area contributed by atoms with E-state index in [1.165, 1.54) is 25.7 Å². The highest BCUT2D eigenvalue weighted by Crippen LogP contribution is 2.61. The summed E-state index contributed by atoms with van der Waals surface area (Å²) in [5.41, 5.74) is 3.19. The van der Waals surface area contributed by atoms with E-state index in [0.717, 1.165) is 24.7 Å². The molecule has 20 heavy (non-hydrogen) atoms. The molecule has 1 aromatic carbocycles.